The molecule has 76 heavy (non-hydrogen) atoms. The van der Waals surface area contributed by atoms with Gasteiger partial charge in [0.1, 0.15) is 33.5 Å². The van der Waals surface area contributed by atoms with Gasteiger partial charge in [-0.15, -0.1) is 0 Å². The summed E-state index contributed by atoms with van der Waals surface area (Å²) in [6.45, 7) is 0. The molecule has 5 heteroatoms. The van der Waals surface area contributed by atoms with E-state index in [-0.39, 0.29) is 11.8 Å². The van der Waals surface area contributed by atoms with Gasteiger partial charge in [0.05, 0.1) is 27.6 Å². The highest BCUT2D eigenvalue weighted by Crippen LogP contribution is 2.47. The van der Waals surface area contributed by atoms with Crippen molar-refractivity contribution in [3.63, 3.8) is 0 Å². The molecule has 0 bridgehead atoms. The van der Waals surface area contributed by atoms with Crippen LogP contribution >= 0.6 is 0 Å². The van der Waals surface area contributed by atoms with Crippen molar-refractivity contribution in [3.8, 4) is 22.5 Å². The molecule has 4 aliphatic carbocycles. The smallest absolute Gasteiger partial charge is 0.145 e. The van der Waals surface area contributed by atoms with Crippen molar-refractivity contribution < 1.29 is 13.3 Å². The van der Waals surface area contributed by atoms with E-state index in [1.165, 1.54) is 77.2 Å². The van der Waals surface area contributed by atoms with E-state index in [0.717, 1.165) is 96.6 Å². The first-order chi connectivity index (χ1) is 37.6. The van der Waals surface area contributed by atoms with E-state index < -0.39 is 0 Å². The molecule has 358 valence electrons. The molecule has 0 aliphatic heterocycles. The summed E-state index contributed by atoms with van der Waals surface area (Å²) in [7, 11) is 0. The summed E-state index contributed by atoms with van der Waals surface area (Å²) < 4.78 is 24.5. The average molecular weight is 975 g/mol. The fourth-order valence-corrected chi connectivity index (χ4v) is 13.3. The maximum Gasteiger partial charge on any atom is 0.145 e. The van der Waals surface area contributed by atoms with Crippen LogP contribution in [0.4, 0.5) is 0 Å². The van der Waals surface area contributed by atoms with Gasteiger partial charge in [-0.25, -0.2) is 0 Å². The number of nitrogens with zero attached hydrogens (tertiary/aromatic N) is 2. The zero-order valence-corrected chi connectivity index (χ0v) is 41.3. The Morgan fingerprint density at radius 3 is 2.13 bits per heavy atom. The second-order valence-corrected chi connectivity index (χ2v) is 20.9. The molecular formula is C71H46N2O3. The molecule has 0 saturated carbocycles. The van der Waals surface area contributed by atoms with Crippen LogP contribution < -0.4 is 10.6 Å². The van der Waals surface area contributed by atoms with Gasteiger partial charge >= 0.3 is 0 Å². The Hall–Kier alpha value is -9.58. The van der Waals surface area contributed by atoms with Crippen molar-refractivity contribution >= 4 is 112 Å². The van der Waals surface area contributed by atoms with Crippen molar-refractivity contribution in [1.82, 2.24) is 9.13 Å². The minimum Gasteiger partial charge on any atom is -0.456 e. The number of allylic oxidation sites excluding steroid dienone is 8. The molecule has 13 aromatic rings. The zero-order valence-electron chi connectivity index (χ0n) is 41.3. The topological polar surface area (TPSA) is 49.3 Å². The first-order valence-electron chi connectivity index (χ1n) is 26.6. The molecule has 8 aromatic carbocycles. The SMILES string of the molecule is C1=Cc2oc3c(ccc4c3c3ccccc3n4-c3cccc(C4=CCC=c5oc6cc(C7=CC8c9c(n(-c%10cccc(-c%11ccc%12oc%13ccccc%13c%12c%11)c%10)c%10ccccc9%10)C=CC8C=C7)ccc6c5=C4)c3)c2CC1. The normalized spacial score (nSPS) is 16.7. The van der Waals surface area contributed by atoms with E-state index in [1.54, 1.807) is 0 Å². The number of aryl methyl sites for hydroxylation is 1. The second kappa shape index (κ2) is 16.0. The van der Waals surface area contributed by atoms with E-state index >= 15 is 0 Å². The number of furan rings is 3. The van der Waals surface area contributed by atoms with Crippen LogP contribution in [0.15, 0.2) is 220 Å². The lowest BCUT2D eigenvalue weighted by Gasteiger charge is -2.28. The highest BCUT2D eigenvalue weighted by atomic mass is 16.3. The summed E-state index contributed by atoms with van der Waals surface area (Å²) in [5, 5.41) is 9.39. The quantitative estimate of drug-likeness (QED) is 0.173. The summed E-state index contributed by atoms with van der Waals surface area (Å²) in [4.78, 5) is 0. The van der Waals surface area contributed by atoms with E-state index in [0.29, 0.717) is 0 Å². The summed E-state index contributed by atoms with van der Waals surface area (Å²) in [6.07, 6.45) is 26.0. The fourth-order valence-electron chi connectivity index (χ4n) is 13.3. The van der Waals surface area contributed by atoms with Crippen molar-refractivity contribution in [2.75, 3.05) is 0 Å². The Morgan fingerprint density at radius 1 is 0.474 bits per heavy atom. The van der Waals surface area contributed by atoms with Crippen LogP contribution in [-0.4, -0.2) is 9.13 Å². The maximum atomic E-state index is 6.77. The first-order valence-corrected chi connectivity index (χ1v) is 26.6. The number of hydrogen-bond donors (Lipinski definition) is 0. The summed E-state index contributed by atoms with van der Waals surface area (Å²) >= 11 is 0. The van der Waals surface area contributed by atoms with Crippen LogP contribution in [0.3, 0.4) is 0 Å². The zero-order chi connectivity index (χ0) is 49.6. The van der Waals surface area contributed by atoms with E-state index in [9.17, 15) is 0 Å². The van der Waals surface area contributed by atoms with Gasteiger partial charge in [-0.05, 0) is 161 Å². The minimum absolute atomic E-state index is 0.164. The van der Waals surface area contributed by atoms with Gasteiger partial charge in [0.2, 0.25) is 0 Å². The van der Waals surface area contributed by atoms with Gasteiger partial charge in [-0.2, -0.15) is 0 Å². The molecule has 0 saturated heterocycles. The third-order valence-corrected chi connectivity index (χ3v) is 16.8. The van der Waals surface area contributed by atoms with Gasteiger partial charge in [0.25, 0.3) is 0 Å². The van der Waals surface area contributed by atoms with Gasteiger partial charge in [0, 0.05) is 66.3 Å². The number of aromatic nitrogens is 2. The highest BCUT2D eigenvalue weighted by molar-refractivity contribution is 6.20. The van der Waals surface area contributed by atoms with Gasteiger partial charge in [-0.3, -0.25) is 0 Å². The Morgan fingerprint density at radius 2 is 1.21 bits per heavy atom. The Labute approximate surface area is 436 Å². The molecule has 5 heterocycles. The molecule has 0 amide bonds. The third kappa shape index (κ3) is 6.14. The number of rotatable bonds is 5. The van der Waals surface area contributed by atoms with Gasteiger partial charge < -0.3 is 22.4 Å². The van der Waals surface area contributed by atoms with Crippen LogP contribution in [0.5, 0.6) is 0 Å². The average Bonchev–Trinajstić information content (AvgIpc) is 4.28. The predicted octanol–water partition coefficient (Wildman–Crippen LogP) is 17.2. The van der Waals surface area contributed by atoms with Crippen LogP contribution in [0.2, 0.25) is 0 Å². The Bertz CT molecular complexity index is 4990. The summed E-state index contributed by atoms with van der Waals surface area (Å²) in [5.74, 6) is 1.41. The molecule has 5 aromatic heterocycles. The number of benzene rings is 8. The van der Waals surface area contributed by atoms with Crippen LogP contribution in [0.1, 0.15) is 52.5 Å². The number of hydrogen-bond acceptors (Lipinski definition) is 3. The fraction of sp³-hybridized carbons (Fsp3) is 0.0704. The number of para-hydroxylation sites is 3. The first kappa shape index (κ1) is 41.8. The molecule has 0 radical (unpaired) electrons. The molecular weight excluding hydrogens is 929 g/mol. The van der Waals surface area contributed by atoms with Crippen LogP contribution in [0.25, 0.3) is 135 Å². The van der Waals surface area contributed by atoms with Crippen LogP contribution in [0, 0.1) is 5.92 Å². The Kier molecular flexibility index (Phi) is 8.79. The van der Waals surface area contributed by atoms with Crippen molar-refractivity contribution in [2.45, 2.75) is 25.2 Å². The second-order valence-electron chi connectivity index (χ2n) is 20.9. The van der Waals surface area contributed by atoms with Crippen LogP contribution in [-0.2, 0) is 6.42 Å². The largest absolute Gasteiger partial charge is 0.456 e. The van der Waals surface area contributed by atoms with Crippen molar-refractivity contribution in [1.29, 1.82) is 0 Å². The molecule has 2 atom stereocenters. The molecule has 2 unspecified atom stereocenters. The lowest BCUT2D eigenvalue weighted by atomic mass is 9.76. The molecule has 0 fully saturated rings. The third-order valence-electron chi connectivity index (χ3n) is 16.8. The van der Waals surface area contributed by atoms with E-state index in [1.807, 2.05) is 12.1 Å². The number of fused-ring (bicyclic) bond motifs is 18. The molecule has 17 rings (SSSR count). The van der Waals surface area contributed by atoms with Gasteiger partial charge in [-0.1, -0.05) is 127 Å². The lowest BCUT2D eigenvalue weighted by Crippen LogP contribution is -2.19. The standard InChI is InChI=1S/C71H46N2O3/c1-5-21-60-55(19-1)69-57-38-46(27-26-42(57)29-33-62(69)72(60)49-15-10-13-44(37-49)47-30-35-67-58(40-47)52-18-4-7-23-64(52)74-67)48-28-31-53-59-39-45(14-11-25-66(59)75-68(53)41-48)43-12-9-16-50(36-43)73-61-22-6-2-20-56(61)70-63(73)34-32-54-51-17-3-8-24-65(51)76-71(54)70/h1-2,4-10,12-16,18-42,57H,3,11,17H2. The summed E-state index contributed by atoms with van der Waals surface area (Å²) in [5.41, 5.74) is 21.3. The lowest BCUT2D eigenvalue weighted by molar-refractivity contribution is 0.574. The maximum absolute atomic E-state index is 6.77. The van der Waals surface area contributed by atoms with E-state index in [2.05, 4.69) is 228 Å². The molecule has 5 nitrogen and oxygen atoms in total. The van der Waals surface area contributed by atoms with Gasteiger partial charge in [0.15, 0.2) is 0 Å². The van der Waals surface area contributed by atoms with E-state index in [4.69, 9.17) is 13.3 Å². The summed E-state index contributed by atoms with van der Waals surface area (Å²) in [6, 6.07) is 61.8. The van der Waals surface area contributed by atoms with Crippen molar-refractivity contribution in [2.24, 2.45) is 5.92 Å². The predicted molar refractivity (Wildman–Crippen MR) is 313 cm³/mol. The molecule has 4 aliphatic rings. The monoisotopic (exact) mass is 974 g/mol. The molecule has 0 N–H and O–H groups in total. The molecule has 0 spiro atoms. The van der Waals surface area contributed by atoms with Crippen molar-refractivity contribution in [3.05, 3.63) is 251 Å². The highest BCUT2D eigenvalue weighted by Gasteiger charge is 2.32. The minimum atomic E-state index is 0.164. The Balaban J connectivity index is 0.718.